The van der Waals surface area contributed by atoms with Crippen LogP contribution >= 0.6 is 0 Å². The van der Waals surface area contributed by atoms with E-state index < -0.39 is 8.32 Å². The van der Waals surface area contributed by atoms with Gasteiger partial charge in [0.1, 0.15) is 0 Å². The van der Waals surface area contributed by atoms with Gasteiger partial charge in [-0.25, -0.2) is 4.98 Å². The van der Waals surface area contributed by atoms with E-state index in [-0.39, 0.29) is 24.0 Å². The number of carbonyl (C=O) groups excluding carboxylic acids is 1. The second-order valence-electron chi connectivity index (χ2n) is 6.93. The van der Waals surface area contributed by atoms with Gasteiger partial charge in [0.15, 0.2) is 8.32 Å². The van der Waals surface area contributed by atoms with Gasteiger partial charge in [0, 0.05) is 18.9 Å². The van der Waals surface area contributed by atoms with Crippen LogP contribution in [-0.2, 0) is 15.6 Å². The van der Waals surface area contributed by atoms with E-state index >= 15 is 0 Å². The lowest BCUT2D eigenvalue weighted by atomic mass is 10.2. The number of hydrogen-bond donors (Lipinski definition) is 1. The number of hydrogen-bond acceptors (Lipinski definition) is 4. The maximum absolute atomic E-state index is 10.6. The zero-order chi connectivity index (χ0) is 16.8. The summed E-state index contributed by atoms with van der Waals surface area (Å²) in [5, 5.41) is 0.226. The first-order valence-corrected chi connectivity index (χ1v) is 10.5. The van der Waals surface area contributed by atoms with Crippen LogP contribution < -0.4 is 10.5 Å². The van der Waals surface area contributed by atoms with E-state index in [0.717, 1.165) is 12.0 Å². The molecule has 1 aromatic rings. The molecule has 0 aliphatic rings. The fraction of sp³-hybridized carbons (Fsp3) is 0.625. The van der Waals surface area contributed by atoms with Crippen molar-refractivity contribution in [1.82, 2.24) is 4.98 Å². The lowest BCUT2D eigenvalue weighted by molar-refractivity contribution is -0.118. The summed E-state index contributed by atoms with van der Waals surface area (Å²) in [6.07, 6.45) is 2.82. The van der Waals surface area contributed by atoms with Gasteiger partial charge < -0.3 is 14.9 Å². The zero-order valence-corrected chi connectivity index (χ0v) is 15.3. The monoisotopic (exact) mass is 324 g/mol. The summed E-state index contributed by atoms with van der Waals surface area (Å²) in [4.78, 5) is 14.8. The van der Waals surface area contributed by atoms with Crippen LogP contribution in [0.15, 0.2) is 18.3 Å². The molecule has 0 aliphatic carbocycles. The number of rotatable bonds is 8. The number of nitrogens with zero attached hydrogens (tertiary/aromatic N) is 1. The minimum absolute atomic E-state index is 0.198. The van der Waals surface area contributed by atoms with Crippen LogP contribution in [-0.4, -0.2) is 32.4 Å². The van der Waals surface area contributed by atoms with Crippen molar-refractivity contribution < 1.29 is 14.0 Å². The van der Waals surface area contributed by atoms with Gasteiger partial charge in [-0.1, -0.05) is 26.8 Å². The summed E-state index contributed by atoms with van der Waals surface area (Å²) < 4.78 is 11.5. The van der Waals surface area contributed by atoms with Crippen molar-refractivity contribution in [2.75, 3.05) is 13.2 Å². The molecular formula is C16H28N2O3Si. The van der Waals surface area contributed by atoms with Crippen molar-refractivity contribution in [1.29, 1.82) is 0 Å². The highest BCUT2D eigenvalue weighted by molar-refractivity contribution is 6.74. The van der Waals surface area contributed by atoms with Crippen LogP contribution in [0.3, 0.4) is 0 Å². The number of ether oxygens (including phenoxy) is 1. The van der Waals surface area contributed by atoms with Crippen LogP contribution in [0, 0.1) is 0 Å². The van der Waals surface area contributed by atoms with E-state index in [0.29, 0.717) is 12.5 Å². The van der Waals surface area contributed by atoms with Crippen molar-refractivity contribution in [3.8, 4) is 5.88 Å². The van der Waals surface area contributed by atoms with E-state index in [4.69, 9.17) is 14.9 Å². The lowest BCUT2D eigenvalue weighted by Crippen LogP contribution is -2.41. The molecular weight excluding hydrogens is 296 g/mol. The molecule has 0 radical (unpaired) electrons. The summed E-state index contributed by atoms with van der Waals surface area (Å²) in [7, 11) is -1.69. The van der Waals surface area contributed by atoms with Crippen LogP contribution in [0.1, 0.15) is 32.8 Å². The van der Waals surface area contributed by atoms with Gasteiger partial charge >= 0.3 is 0 Å². The van der Waals surface area contributed by atoms with Gasteiger partial charge in [-0.15, -0.1) is 0 Å². The molecule has 1 heterocycles. The Balaban J connectivity index is 2.40. The van der Waals surface area contributed by atoms with Gasteiger partial charge in [0.05, 0.1) is 13.0 Å². The molecule has 1 aromatic heterocycles. The number of carbonyl (C=O) groups is 1. The molecule has 1 amide bonds. The van der Waals surface area contributed by atoms with E-state index in [2.05, 4.69) is 38.8 Å². The Morgan fingerprint density at radius 1 is 1.27 bits per heavy atom. The minimum atomic E-state index is -1.69. The molecule has 22 heavy (non-hydrogen) atoms. The van der Waals surface area contributed by atoms with Gasteiger partial charge in [0.25, 0.3) is 0 Å². The number of nitrogens with two attached hydrogens (primary N) is 1. The Morgan fingerprint density at radius 3 is 2.45 bits per heavy atom. The third-order valence-corrected chi connectivity index (χ3v) is 8.59. The van der Waals surface area contributed by atoms with Gasteiger partial charge in [0.2, 0.25) is 11.8 Å². The van der Waals surface area contributed by atoms with Crippen LogP contribution in [0.2, 0.25) is 18.1 Å². The Hall–Kier alpha value is -1.40. The molecule has 0 atom stereocenters. The molecule has 0 unspecified atom stereocenters. The molecule has 0 spiro atoms. The fourth-order valence-electron chi connectivity index (χ4n) is 1.54. The quantitative estimate of drug-likeness (QED) is 0.746. The molecule has 0 saturated heterocycles. The van der Waals surface area contributed by atoms with E-state index in [1.54, 1.807) is 6.20 Å². The highest BCUT2D eigenvalue weighted by Gasteiger charge is 2.36. The van der Waals surface area contributed by atoms with Gasteiger partial charge in [-0.3, -0.25) is 4.79 Å². The Kier molecular flexibility index (Phi) is 6.56. The van der Waals surface area contributed by atoms with E-state index in [9.17, 15) is 4.79 Å². The second kappa shape index (κ2) is 7.74. The SMILES string of the molecule is CC(C)(C)[Si](C)(C)OCCc1ccc(OCCC(N)=O)nc1. The molecule has 124 valence electrons. The largest absolute Gasteiger partial charge is 0.477 e. The topological polar surface area (TPSA) is 74.4 Å². The minimum Gasteiger partial charge on any atom is -0.477 e. The molecule has 0 aromatic carbocycles. The van der Waals surface area contributed by atoms with Crippen molar-refractivity contribution in [3.63, 3.8) is 0 Å². The van der Waals surface area contributed by atoms with Crippen molar-refractivity contribution >= 4 is 14.2 Å². The Bertz CT molecular complexity index is 481. The number of aromatic nitrogens is 1. The highest BCUT2D eigenvalue weighted by Crippen LogP contribution is 2.36. The molecule has 5 nitrogen and oxygen atoms in total. The van der Waals surface area contributed by atoms with E-state index in [1.807, 2.05) is 12.1 Å². The molecule has 6 heteroatoms. The average Bonchev–Trinajstić information content (AvgIpc) is 2.38. The molecule has 0 fully saturated rings. The average molecular weight is 324 g/mol. The normalized spacial score (nSPS) is 12.2. The first-order valence-electron chi connectivity index (χ1n) is 7.62. The number of amides is 1. The second-order valence-corrected chi connectivity index (χ2v) is 11.7. The van der Waals surface area contributed by atoms with Gasteiger partial charge in [-0.05, 0) is 30.1 Å². The van der Waals surface area contributed by atoms with Gasteiger partial charge in [-0.2, -0.15) is 0 Å². The summed E-state index contributed by atoms with van der Waals surface area (Å²) in [6, 6.07) is 3.78. The number of pyridine rings is 1. The highest BCUT2D eigenvalue weighted by atomic mass is 28.4. The first kappa shape index (κ1) is 18.6. The van der Waals surface area contributed by atoms with Crippen molar-refractivity contribution in [3.05, 3.63) is 23.9 Å². The van der Waals surface area contributed by atoms with Crippen LogP contribution in [0.5, 0.6) is 5.88 Å². The Labute approximate surface area is 134 Å². The standard InChI is InChI=1S/C16H28N2O3Si/c1-16(2,3)22(4,5)21-11-8-13-6-7-15(18-12-13)20-10-9-14(17)19/h6-7,12H,8-11H2,1-5H3,(H2,17,19). The van der Waals surface area contributed by atoms with E-state index in [1.165, 1.54) is 0 Å². The predicted octanol–water partition coefficient (Wildman–Crippen LogP) is 2.90. The predicted molar refractivity (Wildman–Crippen MR) is 90.4 cm³/mol. The van der Waals surface area contributed by atoms with Crippen LogP contribution in [0.25, 0.3) is 0 Å². The lowest BCUT2D eigenvalue weighted by Gasteiger charge is -2.36. The maximum atomic E-state index is 10.6. The third kappa shape index (κ3) is 6.15. The molecule has 0 bridgehead atoms. The third-order valence-electron chi connectivity index (χ3n) is 4.06. The van der Waals surface area contributed by atoms with Crippen LogP contribution in [0.4, 0.5) is 0 Å². The Morgan fingerprint density at radius 2 is 1.95 bits per heavy atom. The molecule has 1 rings (SSSR count). The fourth-order valence-corrected chi connectivity index (χ4v) is 2.59. The van der Waals surface area contributed by atoms with Crippen molar-refractivity contribution in [2.45, 2.75) is 51.7 Å². The summed E-state index contributed by atoms with van der Waals surface area (Å²) in [5.74, 6) is 0.134. The zero-order valence-electron chi connectivity index (χ0n) is 14.3. The molecule has 0 aliphatic heterocycles. The maximum Gasteiger partial charge on any atom is 0.220 e. The first-order chi connectivity index (χ1) is 10.1. The summed E-state index contributed by atoms with van der Waals surface area (Å²) >= 11 is 0. The van der Waals surface area contributed by atoms with Crippen molar-refractivity contribution in [2.24, 2.45) is 5.73 Å². The molecule has 2 N–H and O–H groups in total. The summed E-state index contributed by atoms with van der Waals surface area (Å²) in [6.45, 7) is 12.2. The molecule has 0 saturated carbocycles. The number of primary amides is 1. The smallest absolute Gasteiger partial charge is 0.220 e. The summed E-state index contributed by atoms with van der Waals surface area (Å²) in [5.41, 5.74) is 6.16.